The highest BCUT2D eigenvalue weighted by Crippen LogP contribution is 2.17. The van der Waals surface area contributed by atoms with Gasteiger partial charge in [-0.15, -0.1) is 5.10 Å². The summed E-state index contributed by atoms with van der Waals surface area (Å²) in [6, 6.07) is 2.80. The Morgan fingerprint density at radius 2 is 2.17 bits per heavy atom. The second-order valence-corrected chi connectivity index (χ2v) is 5.28. The van der Waals surface area contributed by atoms with Gasteiger partial charge in [-0.25, -0.2) is 9.18 Å². The Morgan fingerprint density at radius 3 is 2.75 bits per heavy atom. The summed E-state index contributed by atoms with van der Waals surface area (Å²) in [6.45, 7) is 3.73. The first-order valence-electron chi connectivity index (χ1n) is 7.39. The Labute approximate surface area is 138 Å². The zero-order valence-electron chi connectivity index (χ0n) is 13.6. The summed E-state index contributed by atoms with van der Waals surface area (Å²) < 4.78 is 19.5. The van der Waals surface area contributed by atoms with Gasteiger partial charge in [0.05, 0.1) is 18.4 Å². The number of methoxy groups -OCH3 is 1. The molecule has 2 atom stereocenters. The van der Waals surface area contributed by atoms with Gasteiger partial charge in [-0.05, 0) is 28.5 Å². The van der Waals surface area contributed by atoms with E-state index >= 15 is 0 Å². The molecule has 0 bridgehead atoms. The van der Waals surface area contributed by atoms with Gasteiger partial charge >= 0.3 is 5.97 Å². The van der Waals surface area contributed by atoms with Crippen LogP contribution in [-0.2, 0) is 9.53 Å². The molecule has 1 N–H and O–H groups in total. The normalized spacial score (nSPS) is 13.2. The average Bonchev–Trinajstić information content (AvgIpc) is 3.12. The Balaban J connectivity index is 2.34. The molecule has 8 nitrogen and oxygen atoms in total. The van der Waals surface area contributed by atoms with E-state index < -0.39 is 23.7 Å². The molecule has 0 saturated heterocycles. The third kappa shape index (κ3) is 3.73. The predicted octanol–water partition coefficient (Wildman–Crippen LogP) is 1.12. The van der Waals surface area contributed by atoms with Crippen LogP contribution in [0.2, 0.25) is 0 Å². The summed E-state index contributed by atoms with van der Waals surface area (Å²) in [6.07, 6.45) is 1.92. The van der Waals surface area contributed by atoms with Gasteiger partial charge in [-0.3, -0.25) is 4.79 Å². The predicted molar refractivity (Wildman–Crippen MR) is 81.8 cm³/mol. The third-order valence-electron chi connectivity index (χ3n) is 3.75. The van der Waals surface area contributed by atoms with Crippen LogP contribution in [0.25, 0.3) is 5.69 Å². The van der Waals surface area contributed by atoms with Gasteiger partial charge in [0.15, 0.2) is 0 Å². The molecule has 0 spiro atoms. The van der Waals surface area contributed by atoms with Crippen molar-refractivity contribution in [3.8, 4) is 5.69 Å². The first kappa shape index (κ1) is 17.5. The van der Waals surface area contributed by atoms with Gasteiger partial charge in [0.25, 0.3) is 5.91 Å². The van der Waals surface area contributed by atoms with Crippen LogP contribution in [0.4, 0.5) is 4.39 Å². The number of nitrogens with zero attached hydrogens (tertiary/aromatic N) is 4. The van der Waals surface area contributed by atoms with Crippen molar-refractivity contribution in [3.05, 3.63) is 35.9 Å². The molecule has 128 valence electrons. The van der Waals surface area contributed by atoms with E-state index in [1.807, 2.05) is 13.8 Å². The fourth-order valence-corrected chi connectivity index (χ4v) is 2.17. The minimum absolute atomic E-state index is 0.127. The molecule has 0 saturated carbocycles. The summed E-state index contributed by atoms with van der Waals surface area (Å²) in [4.78, 5) is 24.5. The lowest BCUT2D eigenvalue weighted by molar-refractivity contribution is -0.144. The summed E-state index contributed by atoms with van der Waals surface area (Å²) in [7, 11) is 1.26. The number of carbonyl (C=O) groups is 2. The van der Waals surface area contributed by atoms with Gasteiger partial charge in [-0.1, -0.05) is 20.3 Å². The summed E-state index contributed by atoms with van der Waals surface area (Å²) in [5.41, 5.74) is 0.311. The maximum absolute atomic E-state index is 13.5. The van der Waals surface area contributed by atoms with E-state index in [1.165, 1.54) is 24.2 Å². The lowest BCUT2D eigenvalue weighted by Gasteiger charge is -2.22. The molecule has 1 amide bonds. The Kier molecular flexibility index (Phi) is 5.56. The summed E-state index contributed by atoms with van der Waals surface area (Å²) in [5, 5.41) is 13.3. The van der Waals surface area contributed by atoms with Crippen LogP contribution in [0, 0.1) is 11.7 Å². The lowest BCUT2D eigenvalue weighted by atomic mass is 9.98. The molecule has 0 fully saturated rings. The Bertz CT molecular complexity index is 720. The van der Waals surface area contributed by atoms with E-state index in [0.29, 0.717) is 6.42 Å². The number of tetrazole rings is 1. The molecular formula is C15H18FN5O3. The highest BCUT2D eigenvalue weighted by Gasteiger charge is 2.28. The van der Waals surface area contributed by atoms with E-state index in [4.69, 9.17) is 4.74 Å². The van der Waals surface area contributed by atoms with Crippen molar-refractivity contribution in [2.75, 3.05) is 7.11 Å². The van der Waals surface area contributed by atoms with Crippen molar-refractivity contribution < 1.29 is 18.7 Å². The van der Waals surface area contributed by atoms with Crippen LogP contribution in [0.5, 0.6) is 0 Å². The molecule has 0 unspecified atom stereocenters. The molecule has 9 heteroatoms. The fraction of sp³-hybridized carbons (Fsp3) is 0.400. The Hall–Kier alpha value is -2.84. The van der Waals surface area contributed by atoms with Crippen LogP contribution >= 0.6 is 0 Å². The topological polar surface area (TPSA) is 99.0 Å². The van der Waals surface area contributed by atoms with Crippen LogP contribution in [0.1, 0.15) is 30.6 Å². The van der Waals surface area contributed by atoms with Crippen LogP contribution in [-0.4, -0.2) is 45.2 Å². The highest BCUT2D eigenvalue weighted by atomic mass is 19.1. The lowest BCUT2D eigenvalue weighted by Crippen LogP contribution is -2.45. The Morgan fingerprint density at radius 1 is 1.42 bits per heavy atom. The minimum Gasteiger partial charge on any atom is -0.467 e. The van der Waals surface area contributed by atoms with Crippen LogP contribution in [0.15, 0.2) is 24.5 Å². The van der Waals surface area contributed by atoms with Crippen molar-refractivity contribution in [2.24, 2.45) is 5.92 Å². The first-order chi connectivity index (χ1) is 11.5. The van der Waals surface area contributed by atoms with Crippen molar-refractivity contribution in [2.45, 2.75) is 26.3 Å². The molecule has 0 aliphatic heterocycles. The molecule has 2 rings (SSSR count). The number of carbonyl (C=O) groups excluding carboxylic acids is 2. The number of hydrogen-bond donors (Lipinski definition) is 1. The molecule has 0 aliphatic carbocycles. The summed E-state index contributed by atoms with van der Waals surface area (Å²) in [5.74, 6) is -1.75. The van der Waals surface area contributed by atoms with E-state index in [0.717, 1.165) is 12.1 Å². The number of benzene rings is 1. The quantitative estimate of drug-likeness (QED) is 0.794. The largest absolute Gasteiger partial charge is 0.467 e. The molecule has 1 aromatic heterocycles. The number of aromatic nitrogens is 4. The van der Waals surface area contributed by atoms with Gasteiger partial charge in [-0.2, -0.15) is 4.68 Å². The number of esters is 1. The number of nitrogens with one attached hydrogen (secondary N) is 1. The first-order valence-corrected chi connectivity index (χ1v) is 7.39. The van der Waals surface area contributed by atoms with Crippen molar-refractivity contribution in [1.29, 1.82) is 0 Å². The monoisotopic (exact) mass is 335 g/mol. The summed E-state index contributed by atoms with van der Waals surface area (Å²) >= 11 is 0. The molecule has 1 heterocycles. The fourth-order valence-electron chi connectivity index (χ4n) is 2.17. The van der Waals surface area contributed by atoms with Crippen molar-refractivity contribution >= 4 is 11.9 Å². The standard InChI is InChI=1S/C15H18FN5O3/c1-4-9(2)13(15(23)24-3)18-14(22)11-6-5-10(16)7-12(11)21-8-17-19-20-21/h5-9,13H,4H2,1-3H3,(H,18,22)/t9-,13-/m0/s1. The number of amides is 1. The molecule has 0 aliphatic rings. The number of halogens is 1. The molecule has 24 heavy (non-hydrogen) atoms. The van der Waals surface area contributed by atoms with E-state index in [9.17, 15) is 14.0 Å². The average molecular weight is 335 g/mol. The van der Waals surface area contributed by atoms with E-state index in [1.54, 1.807) is 0 Å². The second-order valence-electron chi connectivity index (χ2n) is 5.28. The van der Waals surface area contributed by atoms with Gasteiger partial charge in [0.2, 0.25) is 0 Å². The number of hydrogen-bond acceptors (Lipinski definition) is 6. The van der Waals surface area contributed by atoms with Crippen molar-refractivity contribution in [1.82, 2.24) is 25.5 Å². The van der Waals surface area contributed by atoms with E-state index in [-0.39, 0.29) is 17.2 Å². The molecular weight excluding hydrogens is 317 g/mol. The maximum atomic E-state index is 13.5. The zero-order valence-corrected chi connectivity index (χ0v) is 13.6. The molecule has 1 aromatic carbocycles. The van der Waals surface area contributed by atoms with Crippen molar-refractivity contribution in [3.63, 3.8) is 0 Å². The molecule has 0 radical (unpaired) electrons. The van der Waals surface area contributed by atoms with Gasteiger partial charge in [0.1, 0.15) is 18.2 Å². The second kappa shape index (κ2) is 7.62. The third-order valence-corrected chi connectivity index (χ3v) is 3.75. The highest BCUT2D eigenvalue weighted by molar-refractivity contribution is 5.99. The van der Waals surface area contributed by atoms with Gasteiger partial charge in [0, 0.05) is 6.07 Å². The van der Waals surface area contributed by atoms with Gasteiger partial charge < -0.3 is 10.1 Å². The van der Waals surface area contributed by atoms with Crippen LogP contribution in [0.3, 0.4) is 0 Å². The number of rotatable bonds is 6. The maximum Gasteiger partial charge on any atom is 0.328 e. The zero-order chi connectivity index (χ0) is 17.7. The minimum atomic E-state index is -0.806. The van der Waals surface area contributed by atoms with E-state index in [2.05, 4.69) is 20.8 Å². The molecule has 2 aromatic rings. The SMILES string of the molecule is CC[C@H](C)[C@H](NC(=O)c1ccc(F)cc1-n1cnnn1)C(=O)OC. The smallest absolute Gasteiger partial charge is 0.328 e. The van der Waals surface area contributed by atoms with Crippen LogP contribution < -0.4 is 5.32 Å². The number of ether oxygens (including phenoxy) is 1.